The zero-order valence-electron chi connectivity index (χ0n) is 12.0. The van der Waals surface area contributed by atoms with Crippen LogP contribution in [0.2, 0.25) is 0 Å². The molecule has 118 valence electrons. The third-order valence-electron chi connectivity index (χ3n) is 3.17. The molecule has 0 radical (unpaired) electrons. The molecule has 2 N–H and O–H groups in total. The van der Waals surface area contributed by atoms with E-state index in [9.17, 15) is 4.79 Å². The minimum absolute atomic E-state index is 0.0974. The molecule has 0 unspecified atom stereocenters. The van der Waals surface area contributed by atoms with Gasteiger partial charge in [-0.1, -0.05) is 16.2 Å². The predicted octanol–water partition coefficient (Wildman–Crippen LogP) is 0.863. The van der Waals surface area contributed by atoms with Crippen molar-refractivity contribution in [2.75, 3.05) is 13.2 Å². The number of rotatable bonds is 3. The van der Waals surface area contributed by atoms with E-state index in [1.54, 1.807) is 0 Å². The molecule has 1 aliphatic rings. The molecule has 3 heterocycles. The fourth-order valence-electron chi connectivity index (χ4n) is 2.00. The first-order valence-electron chi connectivity index (χ1n) is 6.96. The monoisotopic (exact) mass is 315 g/mol. The first kappa shape index (κ1) is 14.9. The Labute approximate surface area is 131 Å². The van der Waals surface area contributed by atoms with Crippen molar-refractivity contribution < 1.29 is 19.4 Å². The maximum absolute atomic E-state index is 11.0. The predicted molar refractivity (Wildman–Crippen MR) is 75.9 cm³/mol. The van der Waals surface area contributed by atoms with Crippen LogP contribution in [0.3, 0.4) is 0 Å². The smallest absolute Gasteiger partial charge is 0.359 e. The average molecular weight is 315 g/mol. The van der Waals surface area contributed by atoms with Gasteiger partial charge in [0, 0.05) is 19.1 Å². The minimum atomic E-state index is -1.23. The van der Waals surface area contributed by atoms with Crippen molar-refractivity contribution in [3.05, 3.63) is 23.8 Å². The SMILES string of the molecule is O=C(O)c1[nH]nnc1Oc1cncc(C#CC2CCOCC2)n1. The molecule has 23 heavy (non-hydrogen) atoms. The van der Waals surface area contributed by atoms with Gasteiger partial charge in [-0.25, -0.2) is 14.9 Å². The largest absolute Gasteiger partial charge is 0.476 e. The number of carbonyl (C=O) groups is 1. The second kappa shape index (κ2) is 6.85. The molecule has 0 aromatic carbocycles. The summed E-state index contributed by atoms with van der Waals surface area (Å²) in [5.41, 5.74) is 0.180. The molecule has 0 atom stereocenters. The lowest BCUT2D eigenvalue weighted by Gasteiger charge is -2.16. The molecule has 1 aliphatic heterocycles. The molecular weight excluding hydrogens is 302 g/mol. The van der Waals surface area contributed by atoms with E-state index in [1.807, 2.05) is 0 Å². The Morgan fingerprint density at radius 2 is 2.22 bits per heavy atom. The van der Waals surface area contributed by atoms with E-state index in [4.69, 9.17) is 14.6 Å². The van der Waals surface area contributed by atoms with Crippen LogP contribution < -0.4 is 4.74 Å². The van der Waals surface area contributed by atoms with Crippen molar-refractivity contribution >= 4 is 5.97 Å². The van der Waals surface area contributed by atoms with Crippen LogP contribution in [0.4, 0.5) is 0 Å². The topological polar surface area (TPSA) is 123 Å². The maximum atomic E-state index is 11.0. The highest BCUT2D eigenvalue weighted by atomic mass is 16.5. The summed E-state index contributed by atoms with van der Waals surface area (Å²) in [6.45, 7) is 1.44. The van der Waals surface area contributed by atoms with Crippen LogP contribution in [-0.2, 0) is 4.74 Å². The van der Waals surface area contributed by atoms with E-state index in [-0.39, 0.29) is 23.4 Å². The molecule has 3 rings (SSSR count). The summed E-state index contributed by atoms with van der Waals surface area (Å²) >= 11 is 0. The number of nitrogens with one attached hydrogen (secondary N) is 1. The van der Waals surface area contributed by atoms with Crippen molar-refractivity contribution in [2.45, 2.75) is 12.8 Å². The summed E-state index contributed by atoms with van der Waals surface area (Å²) < 4.78 is 10.6. The zero-order valence-corrected chi connectivity index (χ0v) is 12.0. The van der Waals surface area contributed by atoms with E-state index in [1.165, 1.54) is 12.4 Å². The molecule has 0 spiro atoms. The Balaban J connectivity index is 1.73. The van der Waals surface area contributed by atoms with Gasteiger partial charge in [0.1, 0.15) is 5.69 Å². The third-order valence-corrected chi connectivity index (χ3v) is 3.17. The number of hydrogen-bond donors (Lipinski definition) is 2. The standard InChI is InChI=1S/C14H13N5O4/c20-14(21)12-13(18-19-17-12)23-11-8-15-7-10(16-11)2-1-9-3-5-22-6-4-9/h7-9H,3-6H2,(H,20,21)(H,17,18,19). The highest BCUT2D eigenvalue weighted by molar-refractivity contribution is 5.87. The molecule has 0 aliphatic carbocycles. The number of carboxylic acids is 1. The van der Waals surface area contributed by atoms with Crippen LogP contribution in [0, 0.1) is 17.8 Å². The third kappa shape index (κ3) is 3.81. The molecule has 0 saturated carbocycles. The van der Waals surface area contributed by atoms with Gasteiger partial charge < -0.3 is 14.6 Å². The van der Waals surface area contributed by atoms with Gasteiger partial charge in [-0.05, 0) is 18.8 Å². The van der Waals surface area contributed by atoms with Gasteiger partial charge in [-0.3, -0.25) is 4.98 Å². The van der Waals surface area contributed by atoms with Crippen LogP contribution in [-0.4, -0.2) is 49.7 Å². The van der Waals surface area contributed by atoms with E-state index in [0.717, 1.165) is 26.1 Å². The number of nitrogens with zero attached hydrogens (tertiary/aromatic N) is 4. The zero-order chi connectivity index (χ0) is 16.1. The number of carboxylic acid groups (broad SMARTS) is 1. The van der Waals surface area contributed by atoms with Gasteiger partial charge in [0.15, 0.2) is 0 Å². The van der Waals surface area contributed by atoms with E-state index in [0.29, 0.717) is 5.69 Å². The molecule has 0 amide bonds. The summed E-state index contributed by atoms with van der Waals surface area (Å²) in [6.07, 6.45) is 4.66. The highest BCUT2D eigenvalue weighted by Gasteiger charge is 2.17. The quantitative estimate of drug-likeness (QED) is 0.799. The first-order valence-corrected chi connectivity index (χ1v) is 6.96. The highest BCUT2D eigenvalue weighted by Crippen LogP contribution is 2.19. The Morgan fingerprint density at radius 1 is 1.39 bits per heavy atom. The molecular formula is C14H13N5O4. The van der Waals surface area contributed by atoms with Gasteiger partial charge >= 0.3 is 5.97 Å². The van der Waals surface area contributed by atoms with Crippen molar-refractivity contribution in [1.82, 2.24) is 25.4 Å². The summed E-state index contributed by atoms with van der Waals surface area (Å²) in [5.74, 6) is 5.06. The number of aromatic amines is 1. The lowest BCUT2D eigenvalue weighted by Crippen LogP contribution is -2.13. The van der Waals surface area contributed by atoms with Gasteiger partial charge in [0.25, 0.3) is 5.88 Å². The minimum Gasteiger partial charge on any atom is -0.476 e. The number of ether oxygens (including phenoxy) is 2. The Bertz CT molecular complexity index is 758. The van der Waals surface area contributed by atoms with Crippen molar-refractivity contribution in [2.24, 2.45) is 5.92 Å². The van der Waals surface area contributed by atoms with Gasteiger partial charge in [-0.2, -0.15) is 0 Å². The Morgan fingerprint density at radius 3 is 3.00 bits per heavy atom. The van der Waals surface area contributed by atoms with Gasteiger partial charge in [0.05, 0.1) is 12.4 Å². The van der Waals surface area contributed by atoms with Crippen LogP contribution in [0.15, 0.2) is 12.4 Å². The molecule has 1 saturated heterocycles. The fraction of sp³-hybridized carbons (Fsp3) is 0.357. The summed E-state index contributed by atoms with van der Waals surface area (Å²) in [4.78, 5) is 19.1. The summed E-state index contributed by atoms with van der Waals surface area (Å²) in [7, 11) is 0. The normalized spacial score (nSPS) is 14.8. The number of aromatic nitrogens is 5. The van der Waals surface area contributed by atoms with E-state index < -0.39 is 5.97 Å². The van der Waals surface area contributed by atoms with Crippen LogP contribution in [0.5, 0.6) is 11.8 Å². The summed E-state index contributed by atoms with van der Waals surface area (Å²) in [5, 5.41) is 18.1. The average Bonchev–Trinajstić information content (AvgIpc) is 3.03. The second-order valence-electron chi connectivity index (χ2n) is 4.80. The maximum Gasteiger partial charge on any atom is 0.359 e. The first-order chi connectivity index (χ1) is 11.2. The number of hydrogen-bond acceptors (Lipinski definition) is 7. The van der Waals surface area contributed by atoms with Crippen LogP contribution >= 0.6 is 0 Å². The molecule has 0 bridgehead atoms. The Hall–Kier alpha value is -2.99. The van der Waals surface area contributed by atoms with Crippen molar-refractivity contribution in [3.63, 3.8) is 0 Å². The molecule has 9 nitrogen and oxygen atoms in total. The molecule has 2 aromatic rings. The van der Waals surface area contributed by atoms with Gasteiger partial charge in [0.2, 0.25) is 11.6 Å². The van der Waals surface area contributed by atoms with Crippen LogP contribution in [0.1, 0.15) is 29.0 Å². The van der Waals surface area contributed by atoms with Crippen LogP contribution in [0.25, 0.3) is 0 Å². The number of H-pyrrole nitrogens is 1. The molecule has 1 fully saturated rings. The van der Waals surface area contributed by atoms with Gasteiger partial charge in [-0.15, -0.1) is 0 Å². The fourth-order valence-corrected chi connectivity index (χ4v) is 2.00. The lowest BCUT2D eigenvalue weighted by atomic mass is 10.0. The second-order valence-corrected chi connectivity index (χ2v) is 4.80. The number of aromatic carboxylic acids is 1. The summed E-state index contributed by atoms with van der Waals surface area (Å²) in [6, 6.07) is 0. The van der Waals surface area contributed by atoms with E-state index in [2.05, 4.69) is 37.2 Å². The van der Waals surface area contributed by atoms with Crippen molar-refractivity contribution in [3.8, 4) is 23.6 Å². The Kier molecular flexibility index (Phi) is 4.44. The molecule has 2 aromatic heterocycles. The van der Waals surface area contributed by atoms with Crippen molar-refractivity contribution in [1.29, 1.82) is 0 Å². The molecule has 9 heteroatoms. The lowest BCUT2D eigenvalue weighted by molar-refractivity contribution is 0.0687. The van der Waals surface area contributed by atoms with E-state index >= 15 is 0 Å².